The average molecular weight is 274 g/mol. The van der Waals surface area contributed by atoms with Crippen LogP contribution in [0.25, 0.3) is 0 Å². The van der Waals surface area contributed by atoms with Crippen LogP contribution in [0.4, 0.5) is 4.79 Å². The topological polar surface area (TPSA) is 50.4 Å². The third-order valence-electron chi connectivity index (χ3n) is 2.72. The lowest BCUT2D eigenvalue weighted by atomic mass is 10.2. The van der Waals surface area contributed by atoms with E-state index < -0.39 is 6.09 Å². The molecule has 2 N–H and O–H groups in total. The molecule has 0 aliphatic carbocycles. The molecule has 20 heavy (non-hydrogen) atoms. The third kappa shape index (κ3) is 6.81. The molecule has 1 rings (SSSR count). The van der Waals surface area contributed by atoms with Crippen molar-refractivity contribution in [3.63, 3.8) is 0 Å². The summed E-state index contributed by atoms with van der Waals surface area (Å²) in [5, 5.41) is 5.96. The van der Waals surface area contributed by atoms with Crippen LogP contribution in [-0.4, -0.2) is 25.2 Å². The van der Waals surface area contributed by atoms with Crippen LogP contribution < -0.4 is 10.6 Å². The molecule has 1 amide bonds. The first-order valence-electron chi connectivity index (χ1n) is 6.86. The monoisotopic (exact) mass is 274 g/mol. The van der Waals surface area contributed by atoms with Gasteiger partial charge in [-0.25, -0.2) is 4.79 Å². The molecule has 0 saturated heterocycles. The van der Waals surface area contributed by atoms with E-state index >= 15 is 0 Å². The maximum atomic E-state index is 11.5. The Balaban J connectivity index is 2.12. The van der Waals surface area contributed by atoms with Crippen LogP contribution in [0, 0.1) is 11.8 Å². The van der Waals surface area contributed by atoms with Crippen molar-refractivity contribution in [3.05, 3.63) is 35.9 Å². The minimum absolute atomic E-state index is 0.183. The molecule has 4 heteroatoms. The molecule has 0 heterocycles. The lowest BCUT2D eigenvalue weighted by Gasteiger charge is -2.11. The number of hydrogen-bond acceptors (Lipinski definition) is 3. The van der Waals surface area contributed by atoms with Crippen LogP contribution in [0.5, 0.6) is 0 Å². The van der Waals surface area contributed by atoms with Gasteiger partial charge in [0.15, 0.2) is 0 Å². The van der Waals surface area contributed by atoms with Crippen molar-refractivity contribution in [1.29, 1.82) is 0 Å². The van der Waals surface area contributed by atoms with E-state index in [1.807, 2.05) is 37.3 Å². The molecular formula is C16H22N2O2. The highest BCUT2D eigenvalue weighted by Crippen LogP contribution is 2.00. The molecule has 0 radical (unpaired) electrons. The second kappa shape index (κ2) is 9.88. The molecule has 1 atom stereocenters. The fourth-order valence-corrected chi connectivity index (χ4v) is 1.66. The van der Waals surface area contributed by atoms with Crippen molar-refractivity contribution in [2.24, 2.45) is 0 Å². The minimum atomic E-state index is -0.398. The molecular weight excluding hydrogens is 252 g/mol. The second-order valence-electron chi connectivity index (χ2n) is 4.30. The van der Waals surface area contributed by atoms with Gasteiger partial charge in [-0.15, -0.1) is 5.92 Å². The van der Waals surface area contributed by atoms with E-state index in [1.54, 1.807) is 0 Å². The minimum Gasteiger partial charge on any atom is -0.445 e. The van der Waals surface area contributed by atoms with Crippen molar-refractivity contribution in [1.82, 2.24) is 10.6 Å². The summed E-state index contributed by atoms with van der Waals surface area (Å²) >= 11 is 0. The van der Waals surface area contributed by atoms with Crippen LogP contribution in [0.3, 0.4) is 0 Å². The number of nitrogens with one attached hydrogen (secondary N) is 2. The summed E-state index contributed by atoms with van der Waals surface area (Å²) in [6.07, 6.45) is 0.546. The quantitative estimate of drug-likeness (QED) is 0.592. The Morgan fingerprint density at radius 3 is 2.70 bits per heavy atom. The molecule has 0 aromatic heterocycles. The molecule has 108 valence electrons. The number of ether oxygens (including phenoxy) is 1. The van der Waals surface area contributed by atoms with Gasteiger partial charge in [0.25, 0.3) is 0 Å². The van der Waals surface area contributed by atoms with Gasteiger partial charge in [-0.05, 0) is 18.9 Å². The maximum Gasteiger partial charge on any atom is 0.407 e. The molecule has 0 fully saturated rings. The number of amides is 1. The zero-order chi connectivity index (χ0) is 14.6. The van der Waals surface area contributed by atoms with Crippen LogP contribution in [-0.2, 0) is 11.3 Å². The van der Waals surface area contributed by atoms with Crippen molar-refractivity contribution in [2.75, 3.05) is 13.1 Å². The summed E-state index contributed by atoms with van der Waals surface area (Å²) < 4.78 is 5.10. The smallest absolute Gasteiger partial charge is 0.407 e. The molecule has 0 spiro atoms. The van der Waals surface area contributed by atoms with E-state index in [2.05, 4.69) is 29.4 Å². The SMILES string of the molecule is CC#CC(CC)NCCNC(=O)OCc1ccccc1. The van der Waals surface area contributed by atoms with Gasteiger partial charge in [0.2, 0.25) is 0 Å². The number of carbonyl (C=O) groups is 1. The first-order valence-corrected chi connectivity index (χ1v) is 6.86. The normalized spacial score (nSPS) is 11.1. The number of carbonyl (C=O) groups excluding carboxylic acids is 1. The van der Waals surface area contributed by atoms with E-state index in [-0.39, 0.29) is 6.04 Å². The zero-order valence-corrected chi connectivity index (χ0v) is 12.1. The fourth-order valence-electron chi connectivity index (χ4n) is 1.66. The Morgan fingerprint density at radius 1 is 1.30 bits per heavy atom. The Kier molecular flexibility index (Phi) is 7.93. The summed E-state index contributed by atoms with van der Waals surface area (Å²) in [7, 11) is 0. The van der Waals surface area contributed by atoms with Gasteiger partial charge in [0.1, 0.15) is 6.61 Å². The molecule has 1 aromatic rings. The van der Waals surface area contributed by atoms with Crippen molar-refractivity contribution in [2.45, 2.75) is 32.9 Å². The molecule has 1 aromatic carbocycles. The highest BCUT2D eigenvalue weighted by atomic mass is 16.5. The van der Waals surface area contributed by atoms with Crippen LogP contribution in [0.2, 0.25) is 0 Å². The van der Waals surface area contributed by atoms with Crippen LogP contribution in [0.1, 0.15) is 25.8 Å². The Labute approximate surface area is 120 Å². The fraction of sp³-hybridized carbons (Fsp3) is 0.438. The molecule has 0 aliphatic heterocycles. The lowest BCUT2D eigenvalue weighted by Crippen LogP contribution is -2.36. The summed E-state index contributed by atoms with van der Waals surface area (Å²) in [5.41, 5.74) is 0.977. The average Bonchev–Trinajstić information content (AvgIpc) is 2.49. The maximum absolute atomic E-state index is 11.5. The van der Waals surface area contributed by atoms with E-state index in [0.29, 0.717) is 19.7 Å². The highest BCUT2D eigenvalue weighted by molar-refractivity contribution is 5.67. The van der Waals surface area contributed by atoms with E-state index in [1.165, 1.54) is 0 Å². The van der Waals surface area contributed by atoms with Crippen LogP contribution >= 0.6 is 0 Å². The molecule has 0 bridgehead atoms. The van der Waals surface area contributed by atoms with Gasteiger partial charge in [-0.3, -0.25) is 0 Å². The predicted molar refractivity (Wildman–Crippen MR) is 80.2 cm³/mol. The standard InChI is InChI=1S/C16H22N2O2/c1-3-8-15(4-2)17-11-12-18-16(19)20-13-14-9-6-5-7-10-14/h5-7,9-10,15,17H,4,11-13H2,1-2H3,(H,18,19). The number of hydrogen-bond donors (Lipinski definition) is 2. The first kappa shape index (κ1) is 16.1. The molecule has 0 aliphatic rings. The van der Waals surface area contributed by atoms with Crippen molar-refractivity contribution in [3.8, 4) is 11.8 Å². The summed E-state index contributed by atoms with van der Waals surface area (Å²) in [4.78, 5) is 11.5. The summed E-state index contributed by atoms with van der Waals surface area (Å²) in [5.74, 6) is 5.94. The van der Waals surface area contributed by atoms with Gasteiger partial charge in [0.05, 0.1) is 6.04 Å². The van der Waals surface area contributed by atoms with E-state index in [0.717, 1.165) is 12.0 Å². The second-order valence-corrected chi connectivity index (χ2v) is 4.30. The predicted octanol–water partition coefficient (Wildman–Crippen LogP) is 2.30. The Hall–Kier alpha value is -1.99. The zero-order valence-electron chi connectivity index (χ0n) is 12.1. The lowest BCUT2D eigenvalue weighted by molar-refractivity contribution is 0.139. The van der Waals surface area contributed by atoms with Gasteiger partial charge >= 0.3 is 6.09 Å². The van der Waals surface area contributed by atoms with Crippen molar-refractivity contribution < 1.29 is 9.53 Å². The molecule has 4 nitrogen and oxygen atoms in total. The molecule has 1 unspecified atom stereocenters. The summed E-state index contributed by atoms with van der Waals surface area (Å²) in [6.45, 7) is 5.38. The third-order valence-corrected chi connectivity index (χ3v) is 2.72. The van der Waals surface area contributed by atoms with E-state index in [9.17, 15) is 4.79 Å². The van der Waals surface area contributed by atoms with Crippen LogP contribution in [0.15, 0.2) is 30.3 Å². The Bertz CT molecular complexity index is 449. The van der Waals surface area contributed by atoms with E-state index in [4.69, 9.17) is 4.74 Å². The highest BCUT2D eigenvalue weighted by Gasteiger charge is 2.03. The first-order chi connectivity index (χ1) is 9.76. The Morgan fingerprint density at radius 2 is 2.05 bits per heavy atom. The summed E-state index contributed by atoms with van der Waals surface area (Å²) in [6, 6.07) is 9.79. The number of alkyl carbamates (subject to hydrolysis) is 1. The van der Waals surface area contributed by atoms with Crippen molar-refractivity contribution >= 4 is 6.09 Å². The largest absolute Gasteiger partial charge is 0.445 e. The van der Waals surface area contributed by atoms with Gasteiger partial charge in [-0.2, -0.15) is 0 Å². The van der Waals surface area contributed by atoms with Gasteiger partial charge in [-0.1, -0.05) is 43.2 Å². The number of rotatable bonds is 7. The number of benzene rings is 1. The van der Waals surface area contributed by atoms with Gasteiger partial charge in [0, 0.05) is 13.1 Å². The van der Waals surface area contributed by atoms with Gasteiger partial charge < -0.3 is 15.4 Å². The molecule has 0 saturated carbocycles.